The number of nitrogens with zero attached hydrogens (tertiary/aromatic N) is 4. The fraction of sp³-hybridized carbons (Fsp3) is 0.542. The highest BCUT2D eigenvalue weighted by Crippen LogP contribution is 2.29. The quantitative estimate of drug-likeness (QED) is 0.488. The molecule has 1 aromatic carbocycles. The van der Waals surface area contributed by atoms with Gasteiger partial charge >= 0.3 is 11.6 Å². The minimum atomic E-state index is -0.251. The van der Waals surface area contributed by atoms with Crippen LogP contribution in [0.5, 0.6) is 0 Å². The zero-order valence-corrected chi connectivity index (χ0v) is 19.4. The van der Waals surface area contributed by atoms with E-state index < -0.39 is 0 Å². The second-order valence-corrected chi connectivity index (χ2v) is 9.18. The Morgan fingerprint density at radius 1 is 1.10 bits per heavy atom. The molecular weight excluding hydrogens is 390 g/mol. The van der Waals surface area contributed by atoms with Crippen LogP contribution in [0.1, 0.15) is 50.7 Å². The maximum absolute atomic E-state index is 13.4. The lowest BCUT2D eigenvalue weighted by atomic mass is 10.1. The van der Waals surface area contributed by atoms with Crippen molar-refractivity contribution in [1.29, 1.82) is 0 Å². The van der Waals surface area contributed by atoms with Crippen LogP contribution < -0.4 is 20.7 Å². The summed E-state index contributed by atoms with van der Waals surface area (Å²) in [6.07, 6.45) is 4.12. The lowest BCUT2D eigenvalue weighted by Crippen LogP contribution is -2.52. The van der Waals surface area contributed by atoms with Crippen molar-refractivity contribution >= 4 is 22.8 Å². The first-order valence-electron chi connectivity index (χ1n) is 11.4. The van der Waals surface area contributed by atoms with Gasteiger partial charge in [0.25, 0.3) is 5.56 Å². The number of fused-ring (bicyclic) bond motifs is 3. The van der Waals surface area contributed by atoms with Gasteiger partial charge in [0.2, 0.25) is 11.2 Å². The average Bonchev–Trinajstić information content (AvgIpc) is 3.10. The molecule has 1 aliphatic rings. The van der Waals surface area contributed by atoms with Crippen LogP contribution in [0.15, 0.2) is 27.8 Å². The monoisotopic (exact) mass is 424 g/mol. The summed E-state index contributed by atoms with van der Waals surface area (Å²) in [6, 6.07) is 6.51. The average molecular weight is 425 g/mol. The van der Waals surface area contributed by atoms with Gasteiger partial charge in [-0.3, -0.25) is 13.9 Å². The predicted octanol–water partition coefficient (Wildman–Crippen LogP) is 3.30. The third kappa shape index (κ3) is 3.82. The summed E-state index contributed by atoms with van der Waals surface area (Å²) in [5.74, 6) is 1.24. The van der Waals surface area contributed by atoms with Crippen molar-refractivity contribution in [3.05, 3.63) is 50.2 Å². The van der Waals surface area contributed by atoms with Crippen molar-refractivity contribution in [2.24, 2.45) is 13.0 Å². The topological polar surface area (TPSA) is 66.9 Å². The van der Waals surface area contributed by atoms with E-state index in [1.54, 1.807) is 11.6 Å². The molecule has 0 unspecified atom stereocenters. The SMILES string of the molecule is CCCCCCn1c(=O)c2c([nH]c3[n+]2C[C@@H](C)CN3c2cc(C)cc(C)c2)n(C)c1=O. The Balaban J connectivity index is 1.88. The van der Waals surface area contributed by atoms with Gasteiger partial charge in [-0.25, -0.2) is 19.2 Å². The van der Waals surface area contributed by atoms with Crippen molar-refractivity contribution in [2.45, 2.75) is 66.5 Å². The minimum absolute atomic E-state index is 0.188. The number of anilines is 2. The molecule has 31 heavy (non-hydrogen) atoms. The van der Waals surface area contributed by atoms with E-state index in [2.05, 4.69) is 60.3 Å². The summed E-state index contributed by atoms with van der Waals surface area (Å²) in [4.78, 5) is 32.1. The van der Waals surface area contributed by atoms with Gasteiger partial charge in [0, 0.05) is 19.5 Å². The van der Waals surface area contributed by atoms with Crippen molar-refractivity contribution in [2.75, 3.05) is 11.4 Å². The Hall–Kier alpha value is -2.83. The van der Waals surface area contributed by atoms with Crippen molar-refractivity contribution in [1.82, 2.24) is 14.1 Å². The van der Waals surface area contributed by atoms with Crippen LogP contribution in [0, 0.1) is 19.8 Å². The molecule has 0 fully saturated rings. The molecule has 3 aromatic rings. The summed E-state index contributed by atoms with van der Waals surface area (Å²) in [5.41, 5.74) is 4.27. The van der Waals surface area contributed by atoms with Crippen LogP contribution in [0.4, 0.5) is 11.6 Å². The summed E-state index contributed by atoms with van der Waals surface area (Å²) in [6.45, 7) is 10.6. The number of hydrogen-bond acceptors (Lipinski definition) is 3. The standard InChI is InChI=1S/C24H33N5O2/c1-6-7-8-9-10-27-22(30)20-21(26(5)24(27)31)25-23-28(14-18(4)15-29(20)23)19-12-16(2)11-17(3)13-19/h11-13,18H,6-10,14-15H2,1-5H3/p+1/t18-/m0/s1. The predicted molar refractivity (Wildman–Crippen MR) is 124 cm³/mol. The number of unbranched alkanes of at least 4 members (excludes halogenated alkanes) is 3. The molecule has 0 radical (unpaired) electrons. The van der Waals surface area contributed by atoms with Gasteiger partial charge in [-0.05, 0) is 43.5 Å². The second-order valence-electron chi connectivity index (χ2n) is 9.18. The van der Waals surface area contributed by atoms with Gasteiger partial charge < -0.3 is 0 Å². The van der Waals surface area contributed by atoms with Crippen molar-refractivity contribution < 1.29 is 4.57 Å². The molecule has 0 aliphatic carbocycles. The van der Waals surface area contributed by atoms with Crippen LogP contribution in [-0.2, 0) is 20.1 Å². The number of aromatic amines is 1. The van der Waals surface area contributed by atoms with Crippen LogP contribution in [0.25, 0.3) is 11.2 Å². The van der Waals surface area contributed by atoms with Crippen LogP contribution in [0.3, 0.4) is 0 Å². The third-order valence-corrected chi connectivity index (χ3v) is 6.28. The Bertz CT molecular complexity index is 1210. The first-order chi connectivity index (χ1) is 14.8. The highest BCUT2D eigenvalue weighted by Gasteiger charge is 2.36. The Kier molecular flexibility index (Phi) is 5.77. The normalized spacial score (nSPS) is 16.2. The zero-order chi connectivity index (χ0) is 22.3. The number of aromatic nitrogens is 4. The highest BCUT2D eigenvalue weighted by molar-refractivity contribution is 5.70. The van der Waals surface area contributed by atoms with Crippen molar-refractivity contribution in [3.8, 4) is 0 Å². The molecule has 1 atom stereocenters. The lowest BCUT2D eigenvalue weighted by molar-refractivity contribution is -0.669. The first kappa shape index (κ1) is 21.4. The minimum Gasteiger partial charge on any atom is -0.267 e. The first-order valence-corrected chi connectivity index (χ1v) is 11.4. The summed E-state index contributed by atoms with van der Waals surface area (Å²) in [7, 11) is 1.75. The molecule has 0 bridgehead atoms. The van der Waals surface area contributed by atoms with E-state index in [0.717, 1.165) is 50.4 Å². The van der Waals surface area contributed by atoms with Gasteiger partial charge in [-0.1, -0.05) is 39.2 Å². The molecule has 1 N–H and O–H groups in total. The zero-order valence-electron chi connectivity index (χ0n) is 19.4. The smallest absolute Gasteiger partial charge is 0.267 e. The van der Waals surface area contributed by atoms with E-state index in [0.29, 0.717) is 23.6 Å². The Labute approximate surface area is 182 Å². The molecule has 7 nitrogen and oxygen atoms in total. The maximum atomic E-state index is 13.4. The number of aryl methyl sites for hydroxylation is 3. The second kappa shape index (κ2) is 8.36. The van der Waals surface area contributed by atoms with E-state index in [4.69, 9.17) is 0 Å². The van der Waals surface area contributed by atoms with Crippen LogP contribution >= 0.6 is 0 Å². The van der Waals surface area contributed by atoms with E-state index >= 15 is 0 Å². The number of H-pyrrole nitrogens is 1. The van der Waals surface area contributed by atoms with E-state index in [9.17, 15) is 9.59 Å². The number of imidazole rings is 1. The molecule has 0 saturated heterocycles. The molecule has 4 rings (SSSR count). The lowest BCUT2D eigenvalue weighted by Gasteiger charge is -2.27. The summed E-state index contributed by atoms with van der Waals surface area (Å²) >= 11 is 0. The molecule has 166 valence electrons. The number of nitrogens with one attached hydrogen (secondary N) is 1. The molecule has 2 aromatic heterocycles. The van der Waals surface area contributed by atoms with Crippen LogP contribution in [0.2, 0.25) is 0 Å². The maximum Gasteiger partial charge on any atom is 0.364 e. The summed E-state index contributed by atoms with van der Waals surface area (Å²) in [5, 5.41) is 0. The molecule has 0 amide bonds. The van der Waals surface area contributed by atoms with Gasteiger partial charge in [0.1, 0.15) is 5.69 Å². The molecular formula is C24H34N5O2+. The van der Waals surface area contributed by atoms with E-state index in [1.165, 1.54) is 15.7 Å². The third-order valence-electron chi connectivity index (χ3n) is 6.28. The highest BCUT2D eigenvalue weighted by atomic mass is 16.2. The van der Waals surface area contributed by atoms with Crippen LogP contribution in [-0.4, -0.2) is 20.7 Å². The van der Waals surface area contributed by atoms with E-state index in [-0.39, 0.29) is 11.2 Å². The van der Waals surface area contributed by atoms with Crippen molar-refractivity contribution in [3.63, 3.8) is 0 Å². The molecule has 0 saturated carbocycles. The fourth-order valence-corrected chi connectivity index (χ4v) is 4.80. The van der Waals surface area contributed by atoms with Gasteiger partial charge in [0.05, 0.1) is 13.1 Å². The summed E-state index contributed by atoms with van der Waals surface area (Å²) < 4.78 is 5.08. The number of hydrogen-bond donors (Lipinski definition) is 1. The van der Waals surface area contributed by atoms with E-state index in [1.807, 2.05) is 0 Å². The van der Waals surface area contributed by atoms with Gasteiger partial charge in [-0.15, -0.1) is 0 Å². The Morgan fingerprint density at radius 3 is 2.48 bits per heavy atom. The van der Waals surface area contributed by atoms with Gasteiger partial charge in [0.15, 0.2) is 0 Å². The Morgan fingerprint density at radius 2 is 1.81 bits per heavy atom. The molecule has 0 spiro atoms. The molecule has 7 heteroatoms. The largest absolute Gasteiger partial charge is 0.364 e. The molecule has 3 heterocycles. The number of benzene rings is 1. The molecule has 1 aliphatic heterocycles. The van der Waals surface area contributed by atoms with Gasteiger partial charge in [-0.2, -0.15) is 0 Å². The fourth-order valence-electron chi connectivity index (χ4n) is 4.80. The number of rotatable bonds is 6.